The minimum absolute atomic E-state index is 0.153. The van der Waals surface area contributed by atoms with Gasteiger partial charge in [0, 0.05) is 12.5 Å². The molecule has 2 atom stereocenters. The molecule has 1 saturated heterocycles. The Morgan fingerprint density at radius 1 is 1.21 bits per heavy atom. The van der Waals surface area contributed by atoms with Gasteiger partial charge in [-0.2, -0.15) is 9.97 Å². The fourth-order valence-electron chi connectivity index (χ4n) is 3.18. The SMILES string of the molecule is CCO[C@@H](C)c1noc(CN2CCC[C@@H]2c2noc(C3CC3)n2)n1. The van der Waals surface area contributed by atoms with Gasteiger partial charge in [0.25, 0.3) is 0 Å². The van der Waals surface area contributed by atoms with Crippen LogP contribution in [0.15, 0.2) is 9.05 Å². The lowest BCUT2D eigenvalue weighted by molar-refractivity contribution is 0.0683. The molecule has 2 fully saturated rings. The first-order valence-corrected chi connectivity index (χ1v) is 8.76. The normalized spacial score (nSPS) is 23.0. The highest BCUT2D eigenvalue weighted by atomic mass is 16.5. The molecule has 130 valence electrons. The van der Waals surface area contributed by atoms with Gasteiger partial charge in [0.05, 0.1) is 12.6 Å². The standard InChI is InChI=1S/C16H23N5O3/c1-3-22-10(2)14-17-13(23-19-14)9-21-8-4-5-12(21)15-18-16(24-20-15)11-6-7-11/h10-12H,3-9H2,1-2H3/t10-,12+/m0/s1. The van der Waals surface area contributed by atoms with Crippen LogP contribution in [0.3, 0.4) is 0 Å². The van der Waals surface area contributed by atoms with Crippen molar-refractivity contribution in [3.8, 4) is 0 Å². The molecule has 0 spiro atoms. The molecule has 4 rings (SSSR count). The number of nitrogens with zero attached hydrogens (tertiary/aromatic N) is 5. The molecule has 0 bridgehead atoms. The third-order valence-electron chi connectivity index (χ3n) is 4.65. The zero-order chi connectivity index (χ0) is 16.5. The second-order valence-electron chi connectivity index (χ2n) is 6.54. The van der Waals surface area contributed by atoms with Crippen LogP contribution < -0.4 is 0 Å². The van der Waals surface area contributed by atoms with E-state index in [-0.39, 0.29) is 12.1 Å². The van der Waals surface area contributed by atoms with Crippen molar-refractivity contribution in [1.29, 1.82) is 0 Å². The van der Waals surface area contributed by atoms with Crippen LogP contribution in [0.2, 0.25) is 0 Å². The highest BCUT2D eigenvalue weighted by Gasteiger charge is 2.34. The summed E-state index contributed by atoms with van der Waals surface area (Å²) in [5.41, 5.74) is 0. The molecule has 1 saturated carbocycles. The van der Waals surface area contributed by atoms with Crippen molar-refractivity contribution >= 4 is 0 Å². The zero-order valence-corrected chi connectivity index (χ0v) is 14.1. The number of hydrogen-bond acceptors (Lipinski definition) is 8. The molecule has 0 unspecified atom stereocenters. The summed E-state index contributed by atoms with van der Waals surface area (Å²) in [6.45, 7) is 6.07. The van der Waals surface area contributed by atoms with E-state index in [1.807, 2.05) is 13.8 Å². The van der Waals surface area contributed by atoms with E-state index in [4.69, 9.17) is 13.8 Å². The smallest absolute Gasteiger partial charge is 0.240 e. The van der Waals surface area contributed by atoms with Gasteiger partial charge >= 0.3 is 0 Å². The molecule has 3 heterocycles. The van der Waals surface area contributed by atoms with Gasteiger partial charge < -0.3 is 13.8 Å². The predicted molar refractivity (Wildman–Crippen MR) is 83.0 cm³/mol. The highest BCUT2D eigenvalue weighted by molar-refractivity contribution is 5.05. The topological polar surface area (TPSA) is 90.3 Å². The van der Waals surface area contributed by atoms with Crippen LogP contribution in [0.1, 0.15) is 81.0 Å². The molecule has 8 heteroatoms. The molecule has 0 amide bonds. The van der Waals surface area contributed by atoms with Gasteiger partial charge in [-0.05, 0) is 46.1 Å². The van der Waals surface area contributed by atoms with Crippen molar-refractivity contribution in [2.45, 2.75) is 64.1 Å². The monoisotopic (exact) mass is 333 g/mol. The third-order valence-corrected chi connectivity index (χ3v) is 4.65. The second-order valence-corrected chi connectivity index (χ2v) is 6.54. The summed E-state index contributed by atoms with van der Waals surface area (Å²) in [5.74, 6) is 3.27. The van der Waals surface area contributed by atoms with E-state index in [0.29, 0.717) is 30.8 Å². The molecule has 2 aromatic heterocycles. The number of hydrogen-bond donors (Lipinski definition) is 0. The van der Waals surface area contributed by atoms with Gasteiger partial charge in [-0.1, -0.05) is 10.3 Å². The molecule has 0 radical (unpaired) electrons. The Kier molecular flexibility index (Phi) is 4.32. The Balaban J connectivity index is 1.43. The van der Waals surface area contributed by atoms with Gasteiger partial charge in [0.15, 0.2) is 11.6 Å². The maximum Gasteiger partial charge on any atom is 0.240 e. The van der Waals surface area contributed by atoms with Crippen LogP contribution in [-0.4, -0.2) is 38.3 Å². The average molecular weight is 333 g/mol. The van der Waals surface area contributed by atoms with Crippen molar-refractivity contribution in [2.75, 3.05) is 13.2 Å². The quantitative estimate of drug-likeness (QED) is 0.764. The summed E-state index contributed by atoms with van der Waals surface area (Å²) in [7, 11) is 0. The van der Waals surface area contributed by atoms with Gasteiger partial charge in [0.1, 0.15) is 6.10 Å². The highest BCUT2D eigenvalue weighted by Crippen LogP contribution is 2.40. The van der Waals surface area contributed by atoms with Crippen LogP contribution >= 0.6 is 0 Å². The fraction of sp³-hybridized carbons (Fsp3) is 0.750. The van der Waals surface area contributed by atoms with E-state index in [9.17, 15) is 0 Å². The van der Waals surface area contributed by atoms with Crippen molar-refractivity contribution in [3.63, 3.8) is 0 Å². The number of rotatable bonds is 7. The summed E-state index contributed by atoms with van der Waals surface area (Å²) in [5, 5.41) is 8.22. The minimum atomic E-state index is -0.153. The van der Waals surface area contributed by atoms with Crippen LogP contribution in [0.25, 0.3) is 0 Å². The van der Waals surface area contributed by atoms with Gasteiger partial charge in [0.2, 0.25) is 11.8 Å². The molecular weight excluding hydrogens is 310 g/mol. The van der Waals surface area contributed by atoms with Crippen molar-refractivity contribution in [3.05, 3.63) is 23.4 Å². The van der Waals surface area contributed by atoms with E-state index in [2.05, 4.69) is 25.2 Å². The van der Waals surface area contributed by atoms with E-state index >= 15 is 0 Å². The molecule has 0 N–H and O–H groups in total. The third kappa shape index (κ3) is 3.21. The average Bonchev–Trinajstić information content (AvgIpc) is 3.01. The largest absolute Gasteiger partial charge is 0.371 e. The van der Waals surface area contributed by atoms with E-state index in [0.717, 1.165) is 31.1 Å². The van der Waals surface area contributed by atoms with E-state index in [1.54, 1.807) is 0 Å². The summed E-state index contributed by atoms with van der Waals surface area (Å²) >= 11 is 0. The molecule has 1 aliphatic heterocycles. The molecule has 2 aliphatic rings. The van der Waals surface area contributed by atoms with Crippen molar-refractivity contribution < 1.29 is 13.8 Å². The first-order valence-electron chi connectivity index (χ1n) is 8.76. The Morgan fingerprint density at radius 3 is 2.88 bits per heavy atom. The molecule has 1 aliphatic carbocycles. The molecule has 2 aromatic rings. The maximum absolute atomic E-state index is 5.50. The number of aromatic nitrogens is 4. The molecule has 24 heavy (non-hydrogen) atoms. The summed E-state index contributed by atoms with van der Waals surface area (Å²) in [4.78, 5) is 11.3. The summed E-state index contributed by atoms with van der Waals surface area (Å²) in [6, 6.07) is 0.168. The Labute approximate surface area is 140 Å². The van der Waals surface area contributed by atoms with Crippen molar-refractivity contribution in [2.24, 2.45) is 0 Å². The second kappa shape index (κ2) is 6.60. The zero-order valence-electron chi connectivity index (χ0n) is 14.1. The first kappa shape index (κ1) is 15.7. The first-order chi connectivity index (χ1) is 11.7. The number of ether oxygens (including phenoxy) is 1. The van der Waals surface area contributed by atoms with Gasteiger partial charge in [-0.25, -0.2) is 0 Å². The van der Waals surface area contributed by atoms with Crippen LogP contribution in [-0.2, 0) is 11.3 Å². The van der Waals surface area contributed by atoms with Gasteiger partial charge in [-0.3, -0.25) is 4.90 Å². The van der Waals surface area contributed by atoms with Crippen LogP contribution in [0.4, 0.5) is 0 Å². The Hall–Kier alpha value is -1.80. The molecule has 0 aromatic carbocycles. The fourth-order valence-corrected chi connectivity index (χ4v) is 3.18. The van der Waals surface area contributed by atoms with Gasteiger partial charge in [-0.15, -0.1) is 0 Å². The molecular formula is C16H23N5O3. The van der Waals surface area contributed by atoms with Crippen molar-refractivity contribution in [1.82, 2.24) is 25.2 Å². The Bertz CT molecular complexity index is 681. The lowest BCUT2D eigenvalue weighted by Gasteiger charge is -2.19. The van der Waals surface area contributed by atoms with E-state index in [1.165, 1.54) is 12.8 Å². The minimum Gasteiger partial charge on any atom is -0.371 e. The number of likely N-dealkylation sites (tertiary alicyclic amines) is 1. The van der Waals surface area contributed by atoms with Crippen LogP contribution in [0.5, 0.6) is 0 Å². The summed E-state index contributed by atoms with van der Waals surface area (Å²) in [6.07, 6.45) is 4.31. The molecule has 8 nitrogen and oxygen atoms in total. The van der Waals surface area contributed by atoms with Crippen LogP contribution in [0, 0.1) is 0 Å². The summed E-state index contributed by atoms with van der Waals surface area (Å²) < 4.78 is 16.3. The lowest BCUT2D eigenvalue weighted by Crippen LogP contribution is -2.23. The lowest BCUT2D eigenvalue weighted by atomic mass is 10.2. The predicted octanol–water partition coefficient (Wildman–Crippen LogP) is 2.76. The maximum atomic E-state index is 5.50. The van der Waals surface area contributed by atoms with E-state index < -0.39 is 0 Å². The Morgan fingerprint density at radius 2 is 2.08 bits per heavy atom.